The van der Waals surface area contributed by atoms with E-state index >= 15 is 0 Å². The van der Waals surface area contributed by atoms with Crippen LogP contribution in [0.3, 0.4) is 0 Å². The molecular weight excluding hydrogens is 302 g/mol. The fourth-order valence-corrected chi connectivity index (χ4v) is 3.15. The van der Waals surface area contributed by atoms with Gasteiger partial charge in [0.05, 0.1) is 22.5 Å². The maximum absolute atomic E-state index is 11.2. The van der Waals surface area contributed by atoms with Gasteiger partial charge in [0, 0.05) is 6.54 Å². The van der Waals surface area contributed by atoms with Crippen LogP contribution in [-0.2, 0) is 16.6 Å². The maximum atomic E-state index is 11.2. The second-order valence-electron chi connectivity index (χ2n) is 5.53. The van der Waals surface area contributed by atoms with Crippen molar-refractivity contribution in [3.8, 4) is 5.69 Å². The SMILES string of the molecule is NS(=O)(=O)c1ccc(-n2cc(CN3CCCCC3)nn2)cc1. The molecule has 1 aromatic heterocycles. The largest absolute Gasteiger partial charge is 0.297 e. The summed E-state index contributed by atoms with van der Waals surface area (Å²) < 4.78 is 24.1. The van der Waals surface area contributed by atoms with Crippen molar-refractivity contribution in [2.45, 2.75) is 30.7 Å². The summed E-state index contributed by atoms with van der Waals surface area (Å²) in [4.78, 5) is 2.46. The highest BCUT2D eigenvalue weighted by atomic mass is 32.2. The van der Waals surface area contributed by atoms with Crippen LogP contribution in [0.15, 0.2) is 35.4 Å². The van der Waals surface area contributed by atoms with Gasteiger partial charge in [0.15, 0.2) is 0 Å². The Labute approximate surface area is 129 Å². The first-order chi connectivity index (χ1) is 10.5. The first-order valence-corrected chi connectivity index (χ1v) is 8.84. The van der Waals surface area contributed by atoms with Gasteiger partial charge in [0.1, 0.15) is 0 Å². The van der Waals surface area contributed by atoms with E-state index in [1.54, 1.807) is 16.8 Å². The number of hydrogen-bond donors (Lipinski definition) is 1. The molecule has 1 aliphatic heterocycles. The van der Waals surface area contributed by atoms with Crippen LogP contribution < -0.4 is 5.14 Å². The van der Waals surface area contributed by atoms with E-state index in [9.17, 15) is 8.42 Å². The molecule has 1 aliphatic rings. The molecule has 0 saturated carbocycles. The molecule has 1 fully saturated rings. The molecule has 2 heterocycles. The number of nitrogens with two attached hydrogens (primary N) is 1. The minimum atomic E-state index is -3.67. The van der Waals surface area contributed by atoms with Crippen LogP contribution in [0.5, 0.6) is 0 Å². The van der Waals surface area contributed by atoms with E-state index in [0.29, 0.717) is 0 Å². The van der Waals surface area contributed by atoms with Gasteiger partial charge in [0.25, 0.3) is 0 Å². The fraction of sp³-hybridized carbons (Fsp3) is 0.429. The molecular formula is C14H19N5O2S. The molecule has 2 aromatic rings. The van der Waals surface area contributed by atoms with E-state index in [1.165, 1.54) is 31.4 Å². The molecule has 0 spiro atoms. The highest BCUT2D eigenvalue weighted by molar-refractivity contribution is 7.89. The van der Waals surface area contributed by atoms with Crippen molar-refractivity contribution in [3.63, 3.8) is 0 Å². The number of primary sulfonamides is 1. The van der Waals surface area contributed by atoms with E-state index in [4.69, 9.17) is 5.14 Å². The maximum Gasteiger partial charge on any atom is 0.238 e. The summed E-state index contributed by atoms with van der Waals surface area (Å²) in [6.07, 6.45) is 5.66. The smallest absolute Gasteiger partial charge is 0.238 e. The molecule has 1 aromatic carbocycles. The van der Waals surface area contributed by atoms with Gasteiger partial charge < -0.3 is 0 Å². The van der Waals surface area contributed by atoms with Crippen molar-refractivity contribution >= 4 is 10.0 Å². The predicted molar refractivity (Wildman–Crippen MR) is 81.9 cm³/mol. The van der Waals surface area contributed by atoms with Gasteiger partial charge in [0.2, 0.25) is 10.0 Å². The number of piperidine rings is 1. The van der Waals surface area contributed by atoms with Gasteiger partial charge >= 0.3 is 0 Å². The molecule has 0 radical (unpaired) electrons. The van der Waals surface area contributed by atoms with Gasteiger partial charge in [-0.1, -0.05) is 11.6 Å². The summed E-state index contributed by atoms with van der Waals surface area (Å²) in [6, 6.07) is 6.27. The standard InChI is InChI=1S/C14H19N5O2S/c15-22(20,21)14-6-4-13(5-7-14)19-11-12(16-17-19)10-18-8-2-1-3-9-18/h4-7,11H,1-3,8-10H2,(H2,15,20,21). The van der Waals surface area contributed by atoms with Gasteiger partial charge in [-0.15, -0.1) is 5.10 Å². The lowest BCUT2D eigenvalue weighted by Crippen LogP contribution is -2.29. The summed E-state index contributed by atoms with van der Waals surface area (Å²) >= 11 is 0. The Hall–Kier alpha value is -1.77. The van der Waals surface area contributed by atoms with Crippen LogP contribution in [0.4, 0.5) is 0 Å². The third-order valence-electron chi connectivity index (χ3n) is 3.80. The van der Waals surface area contributed by atoms with Crippen LogP contribution in [-0.4, -0.2) is 41.4 Å². The monoisotopic (exact) mass is 321 g/mol. The van der Waals surface area contributed by atoms with Crippen molar-refractivity contribution in [1.29, 1.82) is 0 Å². The number of benzene rings is 1. The molecule has 22 heavy (non-hydrogen) atoms. The normalized spacial score (nSPS) is 16.8. The lowest BCUT2D eigenvalue weighted by molar-refractivity contribution is 0.218. The topological polar surface area (TPSA) is 94.1 Å². The van der Waals surface area contributed by atoms with Gasteiger partial charge in [-0.2, -0.15) is 0 Å². The van der Waals surface area contributed by atoms with Gasteiger partial charge in [-0.25, -0.2) is 18.2 Å². The second-order valence-corrected chi connectivity index (χ2v) is 7.09. The first kappa shape index (κ1) is 15.1. The van der Waals surface area contributed by atoms with Crippen LogP contribution in [0.25, 0.3) is 5.69 Å². The van der Waals surface area contributed by atoms with E-state index < -0.39 is 10.0 Å². The number of aromatic nitrogens is 3. The average Bonchev–Trinajstić information content (AvgIpc) is 2.96. The molecule has 0 aliphatic carbocycles. The number of rotatable bonds is 4. The summed E-state index contributed by atoms with van der Waals surface area (Å²) in [7, 11) is -3.67. The van der Waals surface area contributed by atoms with Crippen LogP contribution in [0, 0.1) is 0 Å². The zero-order valence-electron chi connectivity index (χ0n) is 12.2. The Morgan fingerprint density at radius 2 is 1.77 bits per heavy atom. The van der Waals surface area contributed by atoms with E-state index in [-0.39, 0.29) is 4.90 Å². The van der Waals surface area contributed by atoms with E-state index in [0.717, 1.165) is 31.0 Å². The molecule has 7 nitrogen and oxygen atoms in total. The molecule has 0 unspecified atom stereocenters. The third kappa shape index (κ3) is 3.52. The molecule has 8 heteroatoms. The lowest BCUT2D eigenvalue weighted by Gasteiger charge is -2.25. The molecule has 1 saturated heterocycles. The predicted octanol–water partition coefficient (Wildman–Crippen LogP) is 0.901. The van der Waals surface area contributed by atoms with E-state index in [1.807, 2.05) is 6.20 Å². The Morgan fingerprint density at radius 1 is 1.09 bits per heavy atom. The quantitative estimate of drug-likeness (QED) is 0.903. The van der Waals surface area contributed by atoms with Crippen molar-refractivity contribution in [2.24, 2.45) is 5.14 Å². The molecule has 2 N–H and O–H groups in total. The first-order valence-electron chi connectivity index (χ1n) is 7.29. The molecule has 0 bridgehead atoms. The van der Waals surface area contributed by atoms with Crippen molar-refractivity contribution in [2.75, 3.05) is 13.1 Å². The summed E-state index contributed by atoms with van der Waals surface area (Å²) in [6.45, 7) is 3.01. The Morgan fingerprint density at radius 3 is 2.41 bits per heavy atom. The van der Waals surface area contributed by atoms with Crippen molar-refractivity contribution in [1.82, 2.24) is 19.9 Å². The van der Waals surface area contributed by atoms with E-state index in [2.05, 4.69) is 15.2 Å². The second kappa shape index (κ2) is 6.15. The summed E-state index contributed by atoms with van der Waals surface area (Å²) in [5.41, 5.74) is 1.67. The average molecular weight is 321 g/mol. The minimum Gasteiger partial charge on any atom is -0.297 e. The van der Waals surface area contributed by atoms with Gasteiger partial charge in [-0.3, -0.25) is 4.90 Å². The minimum absolute atomic E-state index is 0.0879. The van der Waals surface area contributed by atoms with Gasteiger partial charge in [-0.05, 0) is 50.2 Å². The highest BCUT2D eigenvalue weighted by Crippen LogP contribution is 2.14. The molecule has 0 amide bonds. The van der Waals surface area contributed by atoms with Crippen molar-refractivity contribution < 1.29 is 8.42 Å². The van der Waals surface area contributed by atoms with Crippen LogP contribution in [0.1, 0.15) is 25.0 Å². The highest BCUT2D eigenvalue weighted by Gasteiger charge is 2.13. The number of likely N-dealkylation sites (tertiary alicyclic amines) is 1. The third-order valence-corrected chi connectivity index (χ3v) is 4.73. The zero-order chi connectivity index (χ0) is 15.6. The number of hydrogen-bond acceptors (Lipinski definition) is 5. The summed E-state index contributed by atoms with van der Waals surface area (Å²) in [5, 5.41) is 13.4. The van der Waals surface area contributed by atoms with Crippen LogP contribution >= 0.6 is 0 Å². The van der Waals surface area contributed by atoms with Crippen LogP contribution in [0.2, 0.25) is 0 Å². The van der Waals surface area contributed by atoms with Crippen molar-refractivity contribution in [3.05, 3.63) is 36.2 Å². The fourth-order valence-electron chi connectivity index (χ4n) is 2.63. The molecule has 118 valence electrons. The number of nitrogens with zero attached hydrogens (tertiary/aromatic N) is 4. The number of sulfonamides is 1. The Balaban J connectivity index is 1.73. The Bertz CT molecular complexity index is 733. The lowest BCUT2D eigenvalue weighted by atomic mass is 10.1. The zero-order valence-corrected chi connectivity index (χ0v) is 13.0. The summed E-state index contributed by atoms with van der Waals surface area (Å²) in [5.74, 6) is 0. The molecule has 3 rings (SSSR count). The molecule has 0 atom stereocenters. The Kier molecular flexibility index (Phi) is 4.23.